The average Bonchev–Trinajstić information content (AvgIpc) is 3.14. The highest BCUT2D eigenvalue weighted by Crippen LogP contribution is 2.24. The highest BCUT2D eigenvalue weighted by Gasteiger charge is 2.15. The molecule has 1 aliphatic heterocycles. The van der Waals surface area contributed by atoms with Crippen molar-refractivity contribution in [1.29, 1.82) is 0 Å². The Morgan fingerprint density at radius 2 is 2.04 bits per heavy atom. The molecule has 1 saturated heterocycles. The largest absolute Gasteiger partial charge is 0.326 e. The van der Waals surface area contributed by atoms with E-state index in [0.717, 1.165) is 31.0 Å². The van der Waals surface area contributed by atoms with Crippen LogP contribution in [0.1, 0.15) is 24.8 Å². The number of rotatable bonds is 7. The Morgan fingerprint density at radius 1 is 1.23 bits per heavy atom. The van der Waals surface area contributed by atoms with E-state index in [1.165, 1.54) is 16.9 Å². The monoisotopic (exact) mass is 413 g/mol. The molecule has 2 heterocycles. The molecule has 1 unspecified atom stereocenters. The van der Waals surface area contributed by atoms with Gasteiger partial charge in [0.05, 0.1) is 0 Å². The van der Waals surface area contributed by atoms with E-state index >= 15 is 0 Å². The van der Waals surface area contributed by atoms with Crippen molar-refractivity contribution in [2.24, 2.45) is 5.92 Å². The van der Waals surface area contributed by atoms with Gasteiger partial charge in [0, 0.05) is 35.2 Å². The van der Waals surface area contributed by atoms with Crippen LogP contribution < -0.4 is 10.6 Å². The van der Waals surface area contributed by atoms with Crippen LogP contribution in [0.15, 0.2) is 53.7 Å². The van der Waals surface area contributed by atoms with Crippen LogP contribution in [0.2, 0.25) is 0 Å². The highest BCUT2D eigenvalue weighted by molar-refractivity contribution is 7.98. The number of aromatic nitrogens is 1. The number of carbonyl (C=O) groups is 1. The number of halogens is 2. The van der Waals surface area contributed by atoms with Crippen molar-refractivity contribution >= 4 is 48.2 Å². The molecule has 1 aromatic heterocycles. The Bertz CT molecular complexity index is 650. The summed E-state index contributed by atoms with van der Waals surface area (Å²) in [5, 5.41) is 6.33. The zero-order chi connectivity index (χ0) is 16.6. The van der Waals surface area contributed by atoms with Crippen LogP contribution in [0.25, 0.3) is 0 Å². The lowest BCUT2D eigenvalue weighted by molar-refractivity contribution is -0.116. The molecule has 0 bridgehead atoms. The van der Waals surface area contributed by atoms with E-state index in [-0.39, 0.29) is 30.7 Å². The fraction of sp³-hybridized carbons (Fsp3) is 0.368. The number of hydrogen-bond acceptors (Lipinski definition) is 4. The number of nitrogens with zero attached hydrogens (tertiary/aromatic N) is 1. The summed E-state index contributed by atoms with van der Waals surface area (Å²) < 4.78 is 0. The SMILES string of the molecule is Cl.Cl.O=C(CCC1CCNC1)Nc1ccc(SCc2cccnc2)cc1. The Hall–Kier alpha value is -1.27. The molecule has 7 heteroatoms. The van der Waals surface area contributed by atoms with Crippen LogP contribution in [0.5, 0.6) is 0 Å². The van der Waals surface area contributed by atoms with Crippen molar-refractivity contribution in [2.75, 3.05) is 18.4 Å². The predicted molar refractivity (Wildman–Crippen MR) is 114 cm³/mol. The molecule has 142 valence electrons. The molecule has 26 heavy (non-hydrogen) atoms. The van der Waals surface area contributed by atoms with Crippen molar-refractivity contribution in [3.63, 3.8) is 0 Å². The molecule has 4 nitrogen and oxygen atoms in total. The van der Waals surface area contributed by atoms with Crippen LogP contribution >= 0.6 is 36.6 Å². The van der Waals surface area contributed by atoms with Crippen molar-refractivity contribution in [3.05, 3.63) is 54.4 Å². The molecule has 1 aromatic carbocycles. The van der Waals surface area contributed by atoms with Crippen molar-refractivity contribution < 1.29 is 4.79 Å². The van der Waals surface area contributed by atoms with E-state index < -0.39 is 0 Å². The van der Waals surface area contributed by atoms with Crippen LogP contribution in [-0.4, -0.2) is 24.0 Å². The van der Waals surface area contributed by atoms with Crippen LogP contribution in [0.4, 0.5) is 5.69 Å². The van der Waals surface area contributed by atoms with Crippen LogP contribution in [-0.2, 0) is 10.5 Å². The van der Waals surface area contributed by atoms with Crippen molar-refractivity contribution in [1.82, 2.24) is 10.3 Å². The van der Waals surface area contributed by atoms with Crippen LogP contribution in [0.3, 0.4) is 0 Å². The van der Waals surface area contributed by atoms with Gasteiger partial charge in [-0.05, 0) is 67.7 Å². The molecular formula is C19H25Cl2N3OS. The van der Waals surface area contributed by atoms with Gasteiger partial charge >= 0.3 is 0 Å². The van der Waals surface area contributed by atoms with Gasteiger partial charge in [-0.15, -0.1) is 36.6 Å². The number of pyridine rings is 1. The minimum absolute atomic E-state index is 0. The van der Waals surface area contributed by atoms with E-state index in [0.29, 0.717) is 12.3 Å². The first-order valence-corrected chi connectivity index (χ1v) is 9.40. The van der Waals surface area contributed by atoms with Crippen LogP contribution in [0, 0.1) is 5.92 Å². The van der Waals surface area contributed by atoms with E-state index in [4.69, 9.17) is 0 Å². The lowest BCUT2D eigenvalue weighted by Crippen LogP contribution is -2.14. The van der Waals surface area contributed by atoms with Gasteiger partial charge in [0.1, 0.15) is 0 Å². The molecule has 2 aromatic rings. The molecule has 3 rings (SSSR count). The second-order valence-corrected chi connectivity index (χ2v) is 7.17. The van der Waals surface area contributed by atoms with E-state index in [1.807, 2.05) is 24.4 Å². The average molecular weight is 414 g/mol. The zero-order valence-corrected chi connectivity index (χ0v) is 17.0. The maximum Gasteiger partial charge on any atom is 0.224 e. The van der Waals surface area contributed by atoms with Crippen molar-refractivity contribution in [2.45, 2.75) is 29.9 Å². The Kier molecular flexibility index (Phi) is 10.7. The summed E-state index contributed by atoms with van der Waals surface area (Å²) >= 11 is 1.77. The molecule has 1 atom stereocenters. The van der Waals surface area contributed by atoms with Gasteiger partial charge in [0.25, 0.3) is 0 Å². The molecule has 2 N–H and O–H groups in total. The van der Waals surface area contributed by atoms with Gasteiger partial charge < -0.3 is 10.6 Å². The third kappa shape index (κ3) is 7.54. The number of nitrogens with one attached hydrogen (secondary N) is 2. The number of amides is 1. The Balaban J connectivity index is 0.00000169. The van der Waals surface area contributed by atoms with Gasteiger partial charge in [0.15, 0.2) is 0 Å². The fourth-order valence-electron chi connectivity index (χ4n) is 2.80. The lowest BCUT2D eigenvalue weighted by atomic mass is 10.0. The minimum atomic E-state index is 0. The second-order valence-electron chi connectivity index (χ2n) is 6.12. The molecular weight excluding hydrogens is 389 g/mol. The topological polar surface area (TPSA) is 54.0 Å². The summed E-state index contributed by atoms with van der Waals surface area (Å²) in [7, 11) is 0. The van der Waals surface area contributed by atoms with Gasteiger partial charge in [-0.3, -0.25) is 9.78 Å². The first-order valence-electron chi connectivity index (χ1n) is 8.42. The van der Waals surface area contributed by atoms with Gasteiger partial charge in [0.2, 0.25) is 5.91 Å². The smallest absolute Gasteiger partial charge is 0.224 e. The van der Waals surface area contributed by atoms with E-state index in [1.54, 1.807) is 18.0 Å². The molecule has 0 radical (unpaired) electrons. The van der Waals surface area contributed by atoms with Gasteiger partial charge in [-0.1, -0.05) is 6.07 Å². The standard InChI is InChI=1S/C19H23N3OS.2ClH/c23-19(8-3-15-9-11-21-12-15)22-17-4-6-18(7-5-17)24-14-16-2-1-10-20-13-16;;/h1-2,4-7,10,13,15,21H,3,8-9,11-12,14H2,(H,22,23);2*1H. The molecule has 1 fully saturated rings. The van der Waals surface area contributed by atoms with E-state index in [2.05, 4.69) is 33.8 Å². The summed E-state index contributed by atoms with van der Waals surface area (Å²) in [6.07, 6.45) is 6.44. The first kappa shape index (κ1) is 22.8. The third-order valence-electron chi connectivity index (χ3n) is 4.21. The Morgan fingerprint density at radius 3 is 2.69 bits per heavy atom. The quantitative estimate of drug-likeness (QED) is 0.653. The number of hydrogen-bond donors (Lipinski definition) is 2. The van der Waals surface area contributed by atoms with Gasteiger partial charge in [-0.2, -0.15) is 0 Å². The second kappa shape index (κ2) is 12.2. The third-order valence-corrected chi connectivity index (χ3v) is 5.29. The molecule has 1 aliphatic rings. The summed E-state index contributed by atoms with van der Waals surface area (Å²) in [6.45, 7) is 2.14. The van der Waals surface area contributed by atoms with Crippen molar-refractivity contribution in [3.8, 4) is 0 Å². The molecule has 0 spiro atoms. The Labute approximate surface area is 171 Å². The first-order chi connectivity index (χ1) is 11.8. The maximum atomic E-state index is 12.0. The summed E-state index contributed by atoms with van der Waals surface area (Å²) in [5.41, 5.74) is 2.08. The highest BCUT2D eigenvalue weighted by atomic mass is 35.5. The number of anilines is 1. The molecule has 1 amide bonds. The number of carbonyl (C=O) groups excluding carboxylic acids is 1. The van der Waals surface area contributed by atoms with Gasteiger partial charge in [-0.25, -0.2) is 0 Å². The predicted octanol–water partition coefficient (Wildman–Crippen LogP) is 4.55. The fourth-order valence-corrected chi connectivity index (χ4v) is 3.64. The summed E-state index contributed by atoms with van der Waals surface area (Å²) in [4.78, 5) is 17.3. The normalized spacial score (nSPS) is 15.6. The summed E-state index contributed by atoms with van der Waals surface area (Å²) in [5.74, 6) is 1.66. The maximum absolute atomic E-state index is 12.0. The zero-order valence-electron chi connectivity index (χ0n) is 14.5. The molecule has 0 aliphatic carbocycles. The van der Waals surface area contributed by atoms with E-state index in [9.17, 15) is 4.79 Å². The lowest BCUT2D eigenvalue weighted by Gasteiger charge is -2.09. The molecule has 0 saturated carbocycles. The minimum Gasteiger partial charge on any atom is -0.326 e. The summed E-state index contributed by atoms with van der Waals surface area (Å²) in [6, 6.07) is 12.1. The number of thioether (sulfide) groups is 1. The number of benzene rings is 1.